The highest BCUT2D eigenvalue weighted by Crippen LogP contribution is 2.31. The fourth-order valence-corrected chi connectivity index (χ4v) is 5.64. The van der Waals surface area contributed by atoms with Gasteiger partial charge in [-0.3, -0.25) is 4.79 Å². The number of nitrogens with zero attached hydrogens (tertiary/aromatic N) is 1. The largest absolute Gasteiger partial charge is 0.497 e. The predicted molar refractivity (Wildman–Crippen MR) is 121 cm³/mol. The molecule has 0 saturated carbocycles. The van der Waals surface area contributed by atoms with Gasteiger partial charge in [0.1, 0.15) is 5.75 Å². The van der Waals surface area contributed by atoms with Crippen LogP contribution in [0.2, 0.25) is 5.02 Å². The second-order valence-corrected chi connectivity index (χ2v) is 9.29. The van der Waals surface area contributed by atoms with Gasteiger partial charge in [-0.2, -0.15) is 0 Å². The molecule has 154 valence electrons. The van der Waals surface area contributed by atoms with Crippen molar-refractivity contribution < 1.29 is 22.7 Å². The summed E-state index contributed by atoms with van der Waals surface area (Å²) in [6, 6.07) is 9.89. The van der Waals surface area contributed by atoms with Crippen LogP contribution in [0, 0.1) is 0 Å². The van der Waals surface area contributed by atoms with Crippen LogP contribution in [0.5, 0.6) is 5.75 Å². The van der Waals surface area contributed by atoms with E-state index in [2.05, 4.69) is 22.6 Å². The highest BCUT2D eigenvalue weighted by Gasteiger charge is 2.23. The molecule has 0 aliphatic carbocycles. The molecule has 29 heavy (non-hydrogen) atoms. The molecule has 0 N–H and O–H groups in total. The first-order valence-corrected chi connectivity index (χ1v) is 12.0. The Balaban J connectivity index is 2.15. The van der Waals surface area contributed by atoms with E-state index in [9.17, 15) is 13.2 Å². The summed E-state index contributed by atoms with van der Waals surface area (Å²) in [5.74, 6) is 0.235. The zero-order chi connectivity index (χ0) is 21.2. The van der Waals surface area contributed by atoms with E-state index in [-0.39, 0.29) is 17.3 Å². The molecule has 0 saturated heterocycles. The maximum absolute atomic E-state index is 13.3. The van der Waals surface area contributed by atoms with Gasteiger partial charge in [-0.25, -0.2) is 12.4 Å². The van der Waals surface area contributed by atoms with Gasteiger partial charge < -0.3 is 9.47 Å². The smallest absolute Gasteiger partial charge is 0.305 e. The third-order valence-electron chi connectivity index (χ3n) is 4.61. The summed E-state index contributed by atoms with van der Waals surface area (Å²) < 4.78 is 38.6. The van der Waals surface area contributed by atoms with Crippen molar-refractivity contribution in [3.05, 3.63) is 58.7 Å². The number of carbonyl (C=O) groups is 1. The molecule has 6 nitrogen and oxygen atoms in total. The van der Waals surface area contributed by atoms with E-state index in [1.807, 2.05) is 0 Å². The third-order valence-corrected chi connectivity index (χ3v) is 7.45. The Hall–Kier alpha value is -1.78. The number of benzene rings is 2. The van der Waals surface area contributed by atoms with Crippen molar-refractivity contribution in [1.29, 1.82) is 0 Å². The summed E-state index contributed by atoms with van der Waals surface area (Å²) in [4.78, 5) is 11.7. The number of rotatable bonds is 7. The van der Waals surface area contributed by atoms with E-state index in [4.69, 9.17) is 21.1 Å². The molecule has 0 aliphatic heterocycles. The number of methoxy groups -OCH3 is 2. The van der Waals surface area contributed by atoms with E-state index in [1.54, 1.807) is 43.6 Å². The number of halogens is 2. The van der Waals surface area contributed by atoms with Gasteiger partial charge in [0.2, 0.25) is 0 Å². The lowest BCUT2D eigenvalue weighted by atomic mass is 10.1. The Morgan fingerprint density at radius 1 is 1.14 bits per heavy atom. The lowest BCUT2D eigenvalue weighted by Gasteiger charge is -2.10. The minimum absolute atomic E-state index is 0.100. The van der Waals surface area contributed by atoms with Crippen molar-refractivity contribution in [3.8, 4) is 5.75 Å². The van der Waals surface area contributed by atoms with Crippen molar-refractivity contribution >= 4 is 61.1 Å². The zero-order valence-electron chi connectivity index (χ0n) is 15.8. The highest BCUT2D eigenvalue weighted by molar-refractivity contribution is 14.1. The standard InChI is InChI=1S/C20H19ClINO5S/c1-27-15-5-7-19-17(9-15)14(4-8-20(24)28-2)12-23(19)29(25,26)16-6-3-13(11-22)18(21)10-16/h3,5-7,9-10,12H,4,8,11H2,1-2H3. The Morgan fingerprint density at radius 2 is 1.90 bits per heavy atom. The average Bonchev–Trinajstić information content (AvgIpc) is 3.10. The van der Waals surface area contributed by atoms with Gasteiger partial charge >= 0.3 is 5.97 Å². The average molecular weight is 548 g/mol. The molecule has 0 aliphatic rings. The number of aromatic nitrogens is 1. The molecule has 0 spiro atoms. The Kier molecular flexibility index (Phi) is 6.75. The van der Waals surface area contributed by atoms with Gasteiger partial charge in [-0.05, 0) is 47.9 Å². The second kappa shape index (κ2) is 8.93. The predicted octanol–water partition coefficient (Wildman–Crippen LogP) is 4.58. The number of fused-ring (bicyclic) bond motifs is 1. The van der Waals surface area contributed by atoms with Crippen molar-refractivity contribution in [1.82, 2.24) is 3.97 Å². The summed E-state index contributed by atoms with van der Waals surface area (Å²) in [7, 11) is -1.02. The van der Waals surface area contributed by atoms with Crippen molar-refractivity contribution in [2.75, 3.05) is 14.2 Å². The molecule has 0 bridgehead atoms. The van der Waals surface area contributed by atoms with E-state index in [0.29, 0.717) is 38.1 Å². The molecule has 0 fully saturated rings. The van der Waals surface area contributed by atoms with Crippen LogP contribution < -0.4 is 4.74 Å². The Morgan fingerprint density at radius 3 is 2.52 bits per heavy atom. The van der Waals surface area contributed by atoms with Gasteiger partial charge in [0.05, 0.1) is 24.6 Å². The van der Waals surface area contributed by atoms with E-state index in [1.165, 1.54) is 17.1 Å². The number of alkyl halides is 1. The molecule has 1 heterocycles. The van der Waals surface area contributed by atoms with E-state index in [0.717, 1.165) is 5.56 Å². The van der Waals surface area contributed by atoms with Crippen LogP contribution in [-0.2, 0) is 30.4 Å². The summed E-state index contributed by atoms with van der Waals surface area (Å²) >= 11 is 8.41. The lowest BCUT2D eigenvalue weighted by molar-refractivity contribution is -0.140. The fraction of sp³-hybridized carbons (Fsp3) is 0.250. The summed E-state index contributed by atoms with van der Waals surface area (Å²) in [6.45, 7) is 0. The number of aryl methyl sites for hydroxylation is 1. The Labute approximate surface area is 187 Å². The summed E-state index contributed by atoms with van der Waals surface area (Å²) in [6.07, 6.45) is 2.03. The van der Waals surface area contributed by atoms with Crippen LogP contribution in [-0.4, -0.2) is 32.6 Å². The van der Waals surface area contributed by atoms with Crippen molar-refractivity contribution in [2.45, 2.75) is 22.2 Å². The van der Waals surface area contributed by atoms with Gasteiger partial charge in [-0.1, -0.05) is 40.3 Å². The highest BCUT2D eigenvalue weighted by atomic mass is 127. The van der Waals surface area contributed by atoms with Crippen LogP contribution in [0.15, 0.2) is 47.5 Å². The van der Waals surface area contributed by atoms with Crippen molar-refractivity contribution in [2.24, 2.45) is 0 Å². The number of hydrogen-bond donors (Lipinski definition) is 0. The van der Waals surface area contributed by atoms with Gasteiger partial charge in [0, 0.05) is 27.5 Å². The first-order valence-electron chi connectivity index (χ1n) is 8.66. The first-order chi connectivity index (χ1) is 13.8. The second-order valence-electron chi connectivity index (χ2n) is 6.30. The van der Waals surface area contributed by atoms with Crippen LogP contribution >= 0.6 is 34.2 Å². The van der Waals surface area contributed by atoms with Gasteiger partial charge in [-0.15, -0.1) is 0 Å². The molecule has 0 radical (unpaired) electrons. The minimum Gasteiger partial charge on any atom is -0.497 e. The summed E-state index contributed by atoms with van der Waals surface area (Å²) in [5.41, 5.74) is 2.08. The summed E-state index contributed by atoms with van der Waals surface area (Å²) in [5, 5.41) is 1.11. The molecule has 2 aromatic carbocycles. The number of hydrogen-bond acceptors (Lipinski definition) is 5. The molecule has 0 amide bonds. The fourth-order valence-electron chi connectivity index (χ4n) is 3.02. The van der Waals surface area contributed by atoms with Crippen LogP contribution in [0.25, 0.3) is 10.9 Å². The number of carbonyl (C=O) groups excluding carboxylic acids is 1. The van der Waals surface area contributed by atoms with Crippen LogP contribution in [0.4, 0.5) is 0 Å². The molecule has 9 heteroatoms. The normalized spacial score (nSPS) is 11.6. The third kappa shape index (κ3) is 4.39. The van der Waals surface area contributed by atoms with Gasteiger partial charge in [0.15, 0.2) is 0 Å². The monoisotopic (exact) mass is 547 g/mol. The zero-order valence-corrected chi connectivity index (χ0v) is 19.5. The van der Waals surface area contributed by atoms with Crippen LogP contribution in [0.1, 0.15) is 17.5 Å². The van der Waals surface area contributed by atoms with E-state index < -0.39 is 10.0 Å². The lowest BCUT2D eigenvalue weighted by Crippen LogP contribution is -2.12. The molecule has 0 unspecified atom stereocenters. The molecular weight excluding hydrogens is 529 g/mol. The molecule has 1 aromatic heterocycles. The Bertz CT molecular complexity index is 1170. The maximum Gasteiger partial charge on any atom is 0.305 e. The molecule has 0 atom stereocenters. The van der Waals surface area contributed by atoms with E-state index >= 15 is 0 Å². The number of esters is 1. The quantitative estimate of drug-likeness (QED) is 0.246. The SMILES string of the molecule is COC(=O)CCc1cn(S(=O)(=O)c2ccc(CI)c(Cl)c2)c2ccc(OC)cc12. The first kappa shape index (κ1) is 21.9. The molecule has 3 rings (SSSR count). The van der Waals surface area contributed by atoms with Crippen LogP contribution in [0.3, 0.4) is 0 Å². The maximum atomic E-state index is 13.3. The van der Waals surface area contributed by atoms with Gasteiger partial charge in [0.25, 0.3) is 10.0 Å². The molecule has 3 aromatic rings. The van der Waals surface area contributed by atoms with Crippen molar-refractivity contribution in [3.63, 3.8) is 0 Å². The topological polar surface area (TPSA) is 74.6 Å². The number of ether oxygens (including phenoxy) is 2. The minimum atomic E-state index is -3.88. The molecular formula is C20H19ClINO5S.